The van der Waals surface area contributed by atoms with Crippen LogP contribution >= 0.6 is 0 Å². The number of aromatic nitrogens is 1. The van der Waals surface area contributed by atoms with Crippen LogP contribution in [0.3, 0.4) is 0 Å². The molecule has 0 bridgehead atoms. The van der Waals surface area contributed by atoms with Crippen molar-refractivity contribution in [3.05, 3.63) is 78.0 Å². The highest BCUT2D eigenvalue weighted by Gasteiger charge is 2.16. The minimum atomic E-state index is -0.335. The van der Waals surface area contributed by atoms with Gasteiger partial charge in [0.05, 0.1) is 18.4 Å². The van der Waals surface area contributed by atoms with Crippen molar-refractivity contribution in [1.29, 1.82) is 0 Å². The van der Waals surface area contributed by atoms with E-state index in [9.17, 15) is 9.59 Å². The quantitative estimate of drug-likeness (QED) is 0.560. The Morgan fingerprint density at radius 3 is 2.52 bits per heavy atom. The van der Waals surface area contributed by atoms with Gasteiger partial charge in [0.15, 0.2) is 0 Å². The third-order valence-corrected chi connectivity index (χ3v) is 4.83. The standard InChI is InChI=1S/C24H26N4O3/c1-4-28(5-2)24(30)17-10-8-11-18(16-17)26-23(29)19-12-9-15-25-22(19)27-20-13-6-7-14-21(20)31-3/h6-16H,4-5H2,1-3H3,(H,25,27)(H,26,29). The number of para-hydroxylation sites is 2. The van der Waals surface area contributed by atoms with E-state index in [1.54, 1.807) is 54.6 Å². The molecule has 0 saturated carbocycles. The summed E-state index contributed by atoms with van der Waals surface area (Å²) in [5.41, 5.74) is 2.13. The van der Waals surface area contributed by atoms with Crippen molar-refractivity contribution in [1.82, 2.24) is 9.88 Å². The highest BCUT2D eigenvalue weighted by Crippen LogP contribution is 2.28. The first-order valence-corrected chi connectivity index (χ1v) is 10.1. The van der Waals surface area contributed by atoms with Crippen molar-refractivity contribution >= 4 is 29.0 Å². The first-order valence-electron chi connectivity index (χ1n) is 10.1. The van der Waals surface area contributed by atoms with E-state index in [1.165, 1.54) is 0 Å². The zero-order valence-corrected chi connectivity index (χ0v) is 17.9. The van der Waals surface area contributed by atoms with Crippen LogP contribution in [0.5, 0.6) is 5.75 Å². The van der Waals surface area contributed by atoms with Crippen LogP contribution in [0.25, 0.3) is 0 Å². The van der Waals surface area contributed by atoms with Gasteiger partial charge in [0.2, 0.25) is 0 Å². The number of hydrogen-bond acceptors (Lipinski definition) is 5. The molecule has 0 spiro atoms. The van der Waals surface area contributed by atoms with Gasteiger partial charge in [-0.2, -0.15) is 0 Å². The van der Waals surface area contributed by atoms with Gasteiger partial charge >= 0.3 is 0 Å². The lowest BCUT2D eigenvalue weighted by Gasteiger charge is -2.19. The molecule has 2 N–H and O–H groups in total. The number of pyridine rings is 1. The van der Waals surface area contributed by atoms with Crippen molar-refractivity contribution in [2.45, 2.75) is 13.8 Å². The van der Waals surface area contributed by atoms with Gasteiger partial charge in [-0.15, -0.1) is 0 Å². The largest absolute Gasteiger partial charge is 0.495 e. The topological polar surface area (TPSA) is 83.6 Å². The Labute approximate surface area is 182 Å². The lowest BCUT2D eigenvalue weighted by Crippen LogP contribution is -2.30. The third-order valence-electron chi connectivity index (χ3n) is 4.83. The minimum absolute atomic E-state index is 0.0685. The van der Waals surface area contributed by atoms with Crippen LogP contribution in [-0.4, -0.2) is 41.9 Å². The van der Waals surface area contributed by atoms with Gasteiger partial charge in [0.1, 0.15) is 11.6 Å². The summed E-state index contributed by atoms with van der Waals surface area (Å²) >= 11 is 0. The smallest absolute Gasteiger partial charge is 0.259 e. The molecule has 0 aliphatic carbocycles. The van der Waals surface area contributed by atoms with E-state index >= 15 is 0 Å². The van der Waals surface area contributed by atoms with E-state index in [0.29, 0.717) is 47.2 Å². The summed E-state index contributed by atoms with van der Waals surface area (Å²) in [7, 11) is 1.58. The molecule has 0 aliphatic heterocycles. The molecule has 0 atom stereocenters. The number of carbonyl (C=O) groups is 2. The van der Waals surface area contributed by atoms with Crippen molar-refractivity contribution in [2.75, 3.05) is 30.8 Å². The van der Waals surface area contributed by atoms with Crippen molar-refractivity contribution in [2.24, 2.45) is 0 Å². The number of ether oxygens (including phenoxy) is 1. The van der Waals surface area contributed by atoms with Crippen LogP contribution in [0.1, 0.15) is 34.6 Å². The molecule has 1 aromatic heterocycles. The number of methoxy groups -OCH3 is 1. The number of carbonyl (C=O) groups excluding carboxylic acids is 2. The number of hydrogen-bond donors (Lipinski definition) is 2. The number of amides is 2. The SMILES string of the molecule is CCN(CC)C(=O)c1cccc(NC(=O)c2cccnc2Nc2ccccc2OC)c1. The van der Waals surface area contributed by atoms with Gasteiger partial charge in [-0.25, -0.2) is 4.98 Å². The highest BCUT2D eigenvalue weighted by atomic mass is 16.5. The summed E-state index contributed by atoms with van der Waals surface area (Å²) in [6, 6.07) is 17.7. The average molecular weight is 418 g/mol. The maximum atomic E-state index is 13.0. The molecule has 7 nitrogen and oxygen atoms in total. The molecule has 3 rings (SSSR count). The van der Waals surface area contributed by atoms with Crippen LogP contribution in [-0.2, 0) is 0 Å². The number of nitrogens with one attached hydrogen (secondary N) is 2. The van der Waals surface area contributed by atoms with Gasteiger partial charge in [-0.05, 0) is 56.3 Å². The van der Waals surface area contributed by atoms with E-state index < -0.39 is 0 Å². The Bertz CT molecular complexity index is 1060. The summed E-state index contributed by atoms with van der Waals surface area (Å²) in [6.45, 7) is 5.12. The van der Waals surface area contributed by atoms with Crippen molar-refractivity contribution in [3.8, 4) is 5.75 Å². The molecule has 1 heterocycles. The summed E-state index contributed by atoms with van der Waals surface area (Å²) in [6.07, 6.45) is 1.61. The predicted octanol–water partition coefficient (Wildman–Crippen LogP) is 4.57. The van der Waals surface area contributed by atoms with Gasteiger partial charge in [-0.1, -0.05) is 18.2 Å². The van der Waals surface area contributed by atoms with Gasteiger partial charge in [0.25, 0.3) is 11.8 Å². The zero-order valence-electron chi connectivity index (χ0n) is 17.9. The molecule has 2 amide bonds. The molecule has 31 heavy (non-hydrogen) atoms. The van der Waals surface area contributed by atoms with Gasteiger partial charge in [-0.3, -0.25) is 9.59 Å². The Morgan fingerprint density at radius 2 is 1.77 bits per heavy atom. The van der Waals surface area contributed by atoms with E-state index in [0.717, 1.165) is 0 Å². The fourth-order valence-electron chi connectivity index (χ4n) is 3.19. The van der Waals surface area contributed by atoms with E-state index in [-0.39, 0.29) is 11.8 Å². The van der Waals surface area contributed by atoms with Crippen LogP contribution < -0.4 is 15.4 Å². The molecule has 0 aliphatic rings. The second kappa shape index (κ2) is 10.2. The Balaban J connectivity index is 1.82. The van der Waals surface area contributed by atoms with Crippen LogP contribution in [0.2, 0.25) is 0 Å². The molecule has 2 aromatic carbocycles. The number of benzene rings is 2. The van der Waals surface area contributed by atoms with Crippen LogP contribution in [0.15, 0.2) is 66.9 Å². The van der Waals surface area contributed by atoms with E-state index in [2.05, 4.69) is 15.6 Å². The summed E-state index contributed by atoms with van der Waals surface area (Å²) in [5.74, 6) is 0.640. The molecular weight excluding hydrogens is 392 g/mol. The maximum absolute atomic E-state index is 13.0. The summed E-state index contributed by atoms with van der Waals surface area (Å²) in [5, 5.41) is 6.02. The number of nitrogens with zero attached hydrogens (tertiary/aromatic N) is 2. The minimum Gasteiger partial charge on any atom is -0.495 e. The highest BCUT2D eigenvalue weighted by molar-refractivity contribution is 6.08. The van der Waals surface area contributed by atoms with Crippen LogP contribution in [0, 0.1) is 0 Å². The predicted molar refractivity (Wildman–Crippen MR) is 122 cm³/mol. The molecule has 0 saturated heterocycles. The Hall–Kier alpha value is -3.87. The fourth-order valence-corrected chi connectivity index (χ4v) is 3.19. The molecule has 0 radical (unpaired) electrons. The molecular formula is C24H26N4O3. The number of anilines is 3. The van der Waals surface area contributed by atoms with E-state index in [1.807, 2.05) is 38.1 Å². The molecule has 160 valence electrons. The normalized spacial score (nSPS) is 10.3. The second-order valence-corrected chi connectivity index (χ2v) is 6.74. The third kappa shape index (κ3) is 5.19. The Morgan fingerprint density at radius 1 is 1.00 bits per heavy atom. The van der Waals surface area contributed by atoms with Crippen molar-refractivity contribution < 1.29 is 14.3 Å². The van der Waals surface area contributed by atoms with Gasteiger partial charge in [0, 0.05) is 30.5 Å². The summed E-state index contributed by atoms with van der Waals surface area (Å²) < 4.78 is 5.36. The lowest BCUT2D eigenvalue weighted by atomic mass is 10.1. The molecule has 0 fully saturated rings. The lowest BCUT2D eigenvalue weighted by molar-refractivity contribution is 0.0772. The first kappa shape index (κ1) is 21.8. The first-order chi connectivity index (χ1) is 15.1. The molecule has 3 aromatic rings. The second-order valence-electron chi connectivity index (χ2n) is 6.74. The molecule has 7 heteroatoms. The number of rotatable bonds is 8. The van der Waals surface area contributed by atoms with Crippen LogP contribution in [0.4, 0.5) is 17.2 Å². The fraction of sp³-hybridized carbons (Fsp3) is 0.208. The molecule has 0 unspecified atom stereocenters. The Kier molecular flexibility index (Phi) is 7.22. The van der Waals surface area contributed by atoms with Gasteiger partial charge < -0.3 is 20.3 Å². The zero-order chi connectivity index (χ0) is 22.2. The summed E-state index contributed by atoms with van der Waals surface area (Å²) in [4.78, 5) is 31.7. The van der Waals surface area contributed by atoms with E-state index in [4.69, 9.17) is 4.74 Å². The monoisotopic (exact) mass is 418 g/mol. The van der Waals surface area contributed by atoms with Crippen molar-refractivity contribution in [3.63, 3.8) is 0 Å². The average Bonchev–Trinajstić information content (AvgIpc) is 2.80. The maximum Gasteiger partial charge on any atom is 0.259 e.